The van der Waals surface area contributed by atoms with Gasteiger partial charge in [-0.2, -0.15) is 0 Å². The molecule has 108 valence electrons. The van der Waals surface area contributed by atoms with Crippen molar-refractivity contribution in [2.45, 2.75) is 26.5 Å². The fraction of sp³-hybridized carbons (Fsp3) is 0.429. The van der Waals surface area contributed by atoms with Crippen molar-refractivity contribution in [2.75, 3.05) is 19.4 Å². The summed E-state index contributed by atoms with van der Waals surface area (Å²) in [6.45, 7) is 3.25. The van der Waals surface area contributed by atoms with Crippen LogP contribution in [0.3, 0.4) is 0 Å². The van der Waals surface area contributed by atoms with Gasteiger partial charge in [0.2, 0.25) is 5.91 Å². The van der Waals surface area contributed by atoms with Crippen LogP contribution in [0.15, 0.2) is 18.2 Å². The van der Waals surface area contributed by atoms with Crippen LogP contribution in [0.4, 0.5) is 5.69 Å². The van der Waals surface area contributed by atoms with E-state index in [9.17, 15) is 4.79 Å². The number of ether oxygens (including phenoxy) is 1. The number of anilines is 1. The number of aromatic nitrogens is 2. The maximum absolute atomic E-state index is 11.9. The number of nitrogen functional groups attached to an aromatic ring is 1. The fourth-order valence-corrected chi connectivity index (χ4v) is 2.10. The Labute approximate surface area is 117 Å². The normalized spacial score (nSPS) is 10.9. The smallest absolute Gasteiger partial charge is 0.240 e. The van der Waals surface area contributed by atoms with Gasteiger partial charge in [0.15, 0.2) is 0 Å². The molecule has 2 aromatic rings. The van der Waals surface area contributed by atoms with Crippen molar-refractivity contribution in [2.24, 2.45) is 0 Å². The third kappa shape index (κ3) is 2.91. The number of fused-ring (bicyclic) bond motifs is 1. The summed E-state index contributed by atoms with van der Waals surface area (Å²) < 4.78 is 6.99. The third-order valence-electron chi connectivity index (χ3n) is 3.04. The molecule has 0 saturated carbocycles. The summed E-state index contributed by atoms with van der Waals surface area (Å²) in [5, 5.41) is 2.86. The maximum Gasteiger partial charge on any atom is 0.240 e. The molecule has 6 nitrogen and oxygen atoms in total. The Bertz CT molecular complexity index is 606. The van der Waals surface area contributed by atoms with Gasteiger partial charge in [-0.1, -0.05) is 13.0 Å². The van der Waals surface area contributed by atoms with Crippen molar-refractivity contribution in [3.63, 3.8) is 0 Å². The zero-order valence-electron chi connectivity index (χ0n) is 11.8. The summed E-state index contributed by atoms with van der Waals surface area (Å²) in [6, 6.07) is 5.56. The van der Waals surface area contributed by atoms with E-state index in [1.54, 1.807) is 13.2 Å². The minimum Gasteiger partial charge on any atom is -0.397 e. The lowest BCUT2D eigenvalue weighted by Gasteiger charge is -2.09. The molecule has 1 amide bonds. The van der Waals surface area contributed by atoms with Gasteiger partial charge in [0.25, 0.3) is 0 Å². The number of rotatable bonds is 6. The van der Waals surface area contributed by atoms with Gasteiger partial charge < -0.3 is 20.4 Å². The van der Waals surface area contributed by atoms with E-state index in [1.165, 1.54) is 0 Å². The van der Waals surface area contributed by atoms with Gasteiger partial charge >= 0.3 is 0 Å². The van der Waals surface area contributed by atoms with Crippen molar-refractivity contribution < 1.29 is 9.53 Å². The maximum atomic E-state index is 11.9. The van der Waals surface area contributed by atoms with Gasteiger partial charge in [-0.05, 0) is 18.6 Å². The Morgan fingerprint density at radius 3 is 3.00 bits per heavy atom. The molecule has 0 bridgehead atoms. The number of methoxy groups -OCH3 is 1. The topological polar surface area (TPSA) is 82.2 Å². The lowest BCUT2D eigenvalue weighted by atomic mass is 10.3. The number of imidazole rings is 1. The predicted octanol–water partition coefficient (Wildman–Crippen LogP) is 1.29. The minimum atomic E-state index is -0.0362. The van der Waals surface area contributed by atoms with Gasteiger partial charge in [-0.15, -0.1) is 0 Å². The molecule has 0 atom stereocenters. The number of nitrogens with zero attached hydrogens (tertiary/aromatic N) is 2. The summed E-state index contributed by atoms with van der Waals surface area (Å²) >= 11 is 0. The summed E-state index contributed by atoms with van der Waals surface area (Å²) in [5.41, 5.74) is 8.09. The fourth-order valence-electron chi connectivity index (χ4n) is 2.10. The molecular weight excluding hydrogens is 256 g/mol. The first-order valence-corrected chi connectivity index (χ1v) is 6.66. The van der Waals surface area contributed by atoms with Crippen molar-refractivity contribution in [1.29, 1.82) is 0 Å². The number of carbonyl (C=O) groups is 1. The molecule has 1 aromatic heterocycles. The lowest BCUT2D eigenvalue weighted by molar-refractivity contribution is -0.121. The Morgan fingerprint density at radius 1 is 1.50 bits per heavy atom. The van der Waals surface area contributed by atoms with E-state index in [0.717, 1.165) is 11.9 Å². The Hall–Kier alpha value is -2.08. The number of benzene rings is 1. The number of carbonyl (C=O) groups excluding carboxylic acids is 1. The van der Waals surface area contributed by atoms with Crippen LogP contribution in [0.5, 0.6) is 0 Å². The highest BCUT2D eigenvalue weighted by Crippen LogP contribution is 2.22. The SMILES string of the molecule is CCCNC(=O)Cn1c(COC)nc2c(N)cccc21. The van der Waals surface area contributed by atoms with Crippen molar-refractivity contribution in [3.8, 4) is 0 Å². The molecule has 6 heteroatoms. The van der Waals surface area contributed by atoms with E-state index >= 15 is 0 Å². The van der Waals surface area contributed by atoms with Gasteiger partial charge in [-0.25, -0.2) is 4.98 Å². The highest BCUT2D eigenvalue weighted by Gasteiger charge is 2.14. The monoisotopic (exact) mass is 276 g/mol. The molecule has 3 N–H and O–H groups in total. The number of hydrogen-bond acceptors (Lipinski definition) is 4. The molecule has 0 aliphatic heterocycles. The number of hydrogen-bond donors (Lipinski definition) is 2. The van der Waals surface area contributed by atoms with E-state index in [4.69, 9.17) is 10.5 Å². The first kappa shape index (κ1) is 14.3. The second-order valence-electron chi connectivity index (χ2n) is 4.61. The van der Waals surface area contributed by atoms with Crippen LogP contribution in [0.25, 0.3) is 11.0 Å². The predicted molar refractivity (Wildman–Crippen MR) is 78.2 cm³/mol. The third-order valence-corrected chi connectivity index (χ3v) is 3.04. The molecule has 0 aliphatic carbocycles. The average molecular weight is 276 g/mol. The first-order valence-electron chi connectivity index (χ1n) is 6.66. The van der Waals surface area contributed by atoms with Crippen LogP contribution in [0.1, 0.15) is 19.2 Å². The van der Waals surface area contributed by atoms with Crippen molar-refractivity contribution in [1.82, 2.24) is 14.9 Å². The van der Waals surface area contributed by atoms with E-state index in [0.29, 0.717) is 30.2 Å². The molecule has 2 rings (SSSR count). The number of nitrogens with one attached hydrogen (secondary N) is 1. The molecular formula is C14H20N4O2. The quantitative estimate of drug-likeness (QED) is 0.779. The largest absolute Gasteiger partial charge is 0.397 e. The lowest BCUT2D eigenvalue weighted by Crippen LogP contribution is -2.28. The van der Waals surface area contributed by atoms with E-state index in [-0.39, 0.29) is 12.5 Å². The Balaban J connectivity index is 2.36. The molecule has 1 aromatic carbocycles. The summed E-state index contributed by atoms with van der Waals surface area (Å²) in [7, 11) is 1.60. The zero-order chi connectivity index (χ0) is 14.5. The second-order valence-corrected chi connectivity index (χ2v) is 4.61. The number of amides is 1. The van der Waals surface area contributed by atoms with Crippen LogP contribution >= 0.6 is 0 Å². The Morgan fingerprint density at radius 2 is 2.30 bits per heavy atom. The highest BCUT2D eigenvalue weighted by atomic mass is 16.5. The molecule has 0 aliphatic rings. The summed E-state index contributed by atoms with van der Waals surface area (Å²) in [6.07, 6.45) is 0.911. The van der Waals surface area contributed by atoms with Crippen LogP contribution in [-0.2, 0) is 22.7 Å². The van der Waals surface area contributed by atoms with Gasteiger partial charge in [0.05, 0.1) is 11.2 Å². The highest BCUT2D eigenvalue weighted by molar-refractivity contribution is 5.89. The summed E-state index contributed by atoms with van der Waals surface area (Å²) in [4.78, 5) is 16.4. The molecule has 0 radical (unpaired) electrons. The van der Waals surface area contributed by atoms with Crippen molar-refractivity contribution in [3.05, 3.63) is 24.0 Å². The first-order chi connectivity index (χ1) is 9.67. The van der Waals surface area contributed by atoms with Gasteiger partial charge in [0.1, 0.15) is 24.5 Å². The van der Waals surface area contributed by atoms with E-state index < -0.39 is 0 Å². The average Bonchev–Trinajstić information content (AvgIpc) is 2.77. The van der Waals surface area contributed by atoms with Gasteiger partial charge in [-0.3, -0.25) is 4.79 Å². The molecule has 1 heterocycles. The van der Waals surface area contributed by atoms with Crippen LogP contribution in [0.2, 0.25) is 0 Å². The minimum absolute atomic E-state index is 0.0362. The van der Waals surface area contributed by atoms with Crippen molar-refractivity contribution >= 4 is 22.6 Å². The van der Waals surface area contributed by atoms with Crippen LogP contribution in [-0.4, -0.2) is 29.1 Å². The van der Waals surface area contributed by atoms with Crippen LogP contribution in [0, 0.1) is 0 Å². The number of nitrogens with two attached hydrogens (primary N) is 1. The summed E-state index contributed by atoms with van der Waals surface area (Å²) in [5.74, 6) is 0.665. The van der Waals surface area contributed by atoms with E-state index in [2.05, 4.69) is 10.3 Å². The second kappa shape index (κ2) is 6.38. The molecule has 0 unspecified atom stereocenters. The molecule has 20 heavy (non-hydrogen) atoms. The number of para-hydroxylation sites is 1. The van der Waals surface area contributed by atoms with E-state index in [1.807, 2.05) is 23.6 Å². The standard InChI is InChI=1S/C14H20N4O2/c1-3-7-16-13(19)8-18-11-6-4-5-10(15)14(11)17-12(18)9-20-2/h4-6H,3,7-9,15H2,1-2H3,(H,16,19). The van der Waals surface area contributed by atoms with Gasteiger partial charge in [0, 0.05) is 13.7 Å². The molecule has 0 saturated heterocycles. The molecule has 0 fully saturated rings. The Kier molecular flexibility index (Phi) is 4.57. The molecule has 0 spiro atoms. The van der Waals surface area contributed by atoms with Crippen LogP contribution < -0.4 is 11.1 Å². The zero-order valence-corrected chi connectivity index (χ0v) is 11.8.